The monoisotopic (exact) mass is 326 g/mol. The van der Waals surface area contributed by atoms with Gasteiger partial charge >= 0.3 is 0 Å². The van der Waals surface area contributed by atoms with Crippen molar-refractivity contribution < 1.29 is 4.79 Å². The van der Waals surface area contributed by atoms with Crippen LogP contribution in [0.5, 0.6) is 0 Å². The molecule has 0 aliphatic carbocycles. The van der Waals surface area contributed by atoms with Gasteiger partial charge in [0.15, 0.2) is 0 Å². The highest BCUT2D eigenvalue weighted by Gasteiger charge is 2.41. The topological polar surface area (TPSA) is 32.3 Å². The van der Waals surface area contributed by atoms with Crippen LogP contribution in [-0.2, 0) is 4.79 Å². The molecule has 1 aliphatic rings. The van der Waals surface area contributed by atoms with Crippen LogP contribution in [0.15, 0.2) is 12.1 Å². The molecule has 0 saturated carbocycles. The van der Waals surface area contributed by atoms with E-state index in [1.54, 1.807) is 11.3 Å². The van der Waals surface area contributed by atoms with Gasteiger partial charge in [-0.25, -0.2) is 0 Å². The predicted octanol–water partition coefficient (Wildman–Crippen LogP) is 3.65. The van der Waals surface area contributed by atoms with Crippen LogP contribution >= 0.6 is 23.1 Å². The largest absolute Gasteiger partial charge is 0.321 e. The van der Waals surface area contributed by atoms with E-state index in [0.717, 1.165) is 13.0 Å². The highest BCUT2D eigenvalue weighted by atomic mass is 32.2. The Balaban J connectivity index is 2.17. The van der Waals surface area contributed by atoms with Crippen LogP contribution < -0.4 is 5.32 Å². The van der Waals surface area contributed by atoms with Gasteiger partial charge in [0.05, 0.1) is 6.04 Å². The summed E-state index contributed by atoms with van der Waals surface area (Å²) in [4.78, 5) is 17.3. The normalized spacial score (nSPS) is 24.1. The van der Waals surface area contributed by atoms with Gasteiger partial charge in [0.2, 0.25) is 5.91 Å². The first-order valence-corrected chi connectivity index (χ1v) is 9.70. The van der Waals surface area contributed by atoms with Crippen LogP contribution in [0.2, 0.25) is 0 Å². The van der Waals surface area contributed by atoms with Gasteiger partial charge < -0.3 is 4.90 Å². The first kappa shape index (κ1) is 16.8. The zero-order valence-corrected chi connectivity index (χ0v) is 15.2. The summed E-state index contributed by atoms with van der Waals surface area (Å²) in [5, 5.41) is 4.13. The predicted molar refractivity (Wildman–Crippen MR) is 92.9 cm³/mol. The Kier molecular flexibility index (Phi) is 5.74. The van der Waals surface area contributed by atoms with Crippen molar-refractivity contribution in [3.8, 4) is 0 Å². The summed E-state index contributed by atoms with van der Waals surface area (Å²) in [5.41, 5.74) is 0. The highest BCUT2D eigenvalue weighted by molar-refractivity contribution is 7.99. The van der Waals surface area contributed by atoms with Crippen molar-refractivity contribution in [1.82, 2.24) is 10.2 Å². The molecule has 1 amide bonds. The summed E-state index contributed by atoms with van der Waals surface area (Å²) in [6.45, 7) is 9.40. The standard InChI is InChI=1S/C16H26N2OS2/c1-10(2)14-16(19)18(9-8-11(3)20-5)15(17-14)13-7-6-12(4)21-13/h6-7,10-11,14-15,17H,8-9H2,1-5H3. The van der Waals surface area contributed by atoms with Gasteiger partial charge in [-0.1, -0.05) is 20.8 Å². The van der Waals surface area contributed by atoms with E-state index in [-0.39, 0.29) is 18.1 Å². The number of amides is 1. The zero-order chi connectivity index (χ0) is 15.6. The van der Waals surface area contributed by atoms with Crippen LogP contribution in [0.1, 0.15) is 43.1 Å². The second kappa shape index (κ2) is 7.16. The number of thiophene rings is 1. The number of thioether (sulfide) groups is 1. The van der Waals surface area contributed by atoms with Gasteiger partial charge in [0.25, 0.3) is 0 Å². The summed E-state index contributed by atoms with van der Waals surface area (Å²) in [5.74, 6) is 0.582. The second-order valence-electron chi connectivity index (χ2n) is 6.11. The van der Waals surface area contributed by atoms with E-state index in [1.165, 1.54) is 9.75 Å². The molecule has 5 heteroatoms. The summed E-state index contributed by atoms with van der Waals surface area (Å²) in [7, 11) is 0. The van der Waals surface area contributed by atoms with E-state index in [0.29, 0.717) is 11.2 Å². The van der Waals surface area contributed by atoms with Gasteiger partial charge in [-0.15, -0.1) is 11.3 Å². The third kappa shape index (κ3) is 3.82. The van der Waals surface area contributed by atoms with Crippen LogP contribution in [0.25, 0.3) is 0 Å². The molecule has 0 spiro atoms. The Labute approximate surface area is 136 Å². The van der Waals surface area contributed by atoms with E-state index in [9.17, 15) is 4.79 Å². The Morgan fingerprint density at radius 3 is 2.62 bits per heavy atom. The van der Waals surface area contributed by atoms with Crippen molar-refractivity contribution in [2.45, 2.75) is 51.6 Å². The Morgan fingerprint density at radius 2 is 2.10 bits per heavy atom. The minimum atomic E-state index is -0.0537. The van der Waals surface area contributed by atoms with Crippen molar-refractivity contribution in [2.75, 3.05) is 12.8 Å². The maximum absolute atomic E-state index is 12.7. The summed E-state index contributed by atoms with van der Waals surface area (Å²) in [6, 6.07) is 4.23. The number of nitrogens with zero attached hydrogens (tertiary/aromatic N) is 1. The molecule has 0 aromatic carbocycles. The fourth-order valence-electron chi connectivity index (χ4n) is 2.63. The molecule has 118 valence electrons. The quantitative estimate of drug-likeness (QED) is 0.866. The van der Waals surface area contributed by atoms with Crippen LogP contribution in [-0.4, -0.2) is 34.9 Å². The van der Waals surface area contributed by atoms with Crippen molar-refractivity contribution in [2.24, 2.45) is 5.92 Å². The molecule has 0 radical (unpaired) electrons. The zero-order valence-electron chi connectivity index (χ0n) is 13.6. The maximum atomic E-state index is 12.7. The Hall–Kier alpha value is -0.520. The molecule has 0 bridgehead atoms. The van der Waals surface area contributed by atoms with E-state index in [1.807, 2.05) is 16.7 Å². The molecule has 2 heterocycles. The van der Waals surface area contributed by atoms with E-state index in [2.05, 4.69) is 51.4 Å². The number of hydrogen-bond acceptors (Lipinski definition) is 4. The number of carbonyl (C=O) groups excluding carboxylic acids is 1. The summed E-state index contributed by atoms with van der Waals surface area (Å²) < 4.78 is 0. The van der Waals surface area contributed by atoms with E-state index < -0.39 is 0 Å². The first-order valence-electron chi connectivity index (χ1n) is 7.59. The molecule has 1 fully saturated rings. The molecular weight excluding hydrogens is 300 g/mol. The number of nitrogens with one attached hydrogen (secondary N) is 1. The van der Waals surface area contributed by atoms with Crippen LogP contribution in [0, 0.1) is 12.8 Å². The average Bonchev–Trinajstić information content (AvgIpc) is 3.00. The molecule has 1 saturated heterocycles. The summed E-state index contributed by atoms with van der Waals surface area (Å²) in [6.07, 6.45) is 3.23. The molecule has 1 aromatic heterocycles. The molecule has 1 aromatic rings. The molecule has 3 unspecified atom stereocenters. The van der Waals surface area contributed by atoms with Gasteiger partial charge in [-0.05, 0) is 37.7 Å². The highest BCUT2D eigenvalue weighted by Crippen LogP contribution is 2.32. The van der Waals surface area contributed by atoms with E-state index >= 15 is 0 Å². The van der Waals surface area contributed by atoms with Crippen LogP contribution in [0.4, 0.5) is 0 Å². The third-order valence-corrected chi connectivity index (χ3v) is 6.17. The Bertz CT molecular complexity index is 486. The Morgan fingerprint density at radius 1 is 1.38 bits per heavy atom. The van der Waals surface area contributed by atoms with Crippen molar-refractivity contribution in [3.63, 3.8) is 0 Å². The lowest BCUT2D eigenvalue weighted by Gasteiger charge is -2.24. The smallest absolute Gasteiger partial charge is 0.241 e. The average molecular weight is 327 g/mol. The second-order valence-corrected chi connectivity index (χ2v) is 8.70. The molecular formula is C16H26N2OS2. The minimum Gasteiger partial charge on any atom is -0.321 e. The molecule has 3 nitrogen and oxygen atoms in total. The molecule has 1 N–H and O–H groups in total. The lowest BCUT2D eigenvalue weighted by atomic mass is 10.1. The van der Waals surface area contributed by atoms with Crippen molar-refractivity contribution >= 4 is 29.0 Å². The first-order chi connectivity index (χ1) is 9.93. The lowest BCUT2D eigenvalue weighted by Crippen LogP contribution is -2.35. The minimum absolute atomic E-state index is 0.0534. The van der Waals surface area contributed by atoms with Crippen molar-refractivity contribution in [3.05, 3.63) is 21.9 Å². The third-order valence-electron chi connectivity index (χ3n) is 4.07. The lowest BCUT2D eigenvalue weighted by molar-refractivity contribution is -0.130. The van der Waals surface area contributed by atoms with Gasteiger partial charge in [-0.3, -0.25) is 10.1 Å². The number of rotatable bonds is 6. The van der Waals surface area contributed by atoms with Crippen molar-refractivity contribution in [1.29, 1.82) is 0 Å². The fourth-order valence-corrected chi connectivity index (χ4v) is 3.92. The maximum Gasteiger partial charge on any atom is 0.241 e. The van der Waals surface area contributed by atoms with Gasteiger partial charge in [-0.2, -0.15) is 11.8 Å². The molecule has 3 atom stereocenters. The molecule has 21 heavy (non-hydrogen) atoms. The van der Waals surface area contributed by atoms with Gasteiger partial charge in [0.1, 0.15) is 6.17 Å². The van der Waals surface area contributed by atoms with Crippen LogP contribution in [0.3, 0.4) is 0 Å². The number of hydrogen-bond donors (Lipinski definition) is 1. The van der Waals surface area contributed by atoms with Gasteiger partial charge in [0, 0.05) is 21.5 Å². The number of carbonyl (C=O) groups is 1. The number of aryl methyl sites for hydroxylation is 1. The summed E-state index contributed by atoms with van der Waals surface area (Å²) >= 11 is 3.64. The SMILES string of the molecule is CSC(C)CCN1C(=O)C(C(C)C)NC1c1ccc(C)s1. The molecule has 1 aliphatic heterocycles. The van der Waals surface area contributed by atoms with E-state index in [4.69, 9.17) is 0 Å². The fraction of sp³-hybridized carbons (Fsp3) is 0.688. The molecule has 2 rings (SSSR count).